The van der Waals surface area contributed by atoms with E-state index in [9.17, 15) is 9.59 Å². The molecule has 0 radical (unpaired) electrons. The number of thiophene rings is 1. The summed E-state index contributed by atoms with van der Waals surface area (Å²) < 4.78 is 5.01. The first-order valence-corrected chi connectivity index (χ1v) is 7.12. The maximum absolute atomic E-state index is 11.8. The van der Waals surface area contributed by atoms with Gasteiger partial charge in [0.15, 0.2) is 6.61 Å². The Balaban J connectivity index is 1.52. The lowest BCUT2D eigenvalue weighted by atomic mass is 10.2. The molecule has 0 unspecified atom stereocenters. The number of rotatable bonds is 4. The van der Waals surface area contributed by atoms with Gasteiger partial charge in [-0.2, -0.15) is 0 Å². The molecule has 96 valence electrons. The lowest BCUT2D eigenvalue weighted by molar-refractivity contribution is -0.124. The van der Waals surface area contributed by atoms with E-state index in [0.29, 0.717) is 10.9 Å². The molecule has 1 aromatic heterocycles. The van der Waals surface area contributed by atoms with Crippen LogP contribution in [0.3, 0.4) is 0 Å². The van der Waals surface area contributed by atoms with E-state index in [-0.39, 0.29) is 18.5 Å². The molecule has 2 aliphatic carbocycles. The topological polar surface area (TPSA) is 55.4 Å². The number of nitrogens with one attached hydrogen (secondary N) is 1. The molecule has 1 heterocycles. The van der Waals surface area contributed by atoms with Crippen LogP contribution in [0, 0.1) is 0 Å². The van der Waals surface area contributed by atoms with E-state index in [1.54, 1.807) is 0 Å². The lowest BCUT2D eigenvalue weighted by Crippen LogP contribution is -2.30. The Morgan fingerprint density at radius 2 is 2.22 bits per heavy atom. The number of hydrogen-bond donors (Lipinski definition) is 1. The monoisotopic (exact) mass is 265 g/mol. The number of amides is 1. The van der Waals surface area contributed by atoms with Crippen molar-refractivity contribution in [3.63, 3.8) is 0 Å². The van der Waals surface area contributed by atoms with Gasteiger partial charge in [-0.3, -0.25) is 4.79 Å². The molecule has 0 spiro atoms. The van der Waals surface area contributed by atoms with Crippen molar-refractivity contribution in [3.8, 4) is 0 Å². The van der Waals surface area contributed by atoms with Crippen molar-refractivity contribution in [2.24, 2.45) is 0 Å². The van der Waals surface area contributed by atoms with Gasteiger partial charge in [0.05, 0.1) is 0 Å². The van der Waals surface area contributed by atoms with Crippen LogP contribution in [0.1, 0.15) is 39.4 Å². The van der Waals surface area contributed by atoms with Crippen LogP contribution in [0.5, 0.6) is 0 Å². The third-order valence-electron chi connectivity index (χ3n) is 3.22. The maximum atomic E-state index is 11.8. The number of fused-ring (bicyclic) bond motifs is 1. The average molecular weight is 265 g/mol. The Morgan fingerprint density at radius 1 is 1.39 bits per heavy atom. The molecule has 18 heavy (non-hydrogen) atoms. The largest absolute Gasteiger partial charge is 0.451 e. The normalized spacial score (nSPS) is 17.3. The summed E-state index contributed by atoms with van der Waals surface area (Å²) in [7, 11) is 0. The van der Waals surface area contributed by atoms with Gasteiger partial charge in [0.2, 0.25) is 0 Å². The van der Waals surface area contributed by atoms with Crippen molar-refractivity contribution in [2.45, 2.75) is 38.1 Å². The Morgan fingerprint density at radius 3 is 2.94 bits per heavy atom. The lowest BCUT2D eigenvalue weighted by Gasteiger charge is -2.04. The second-order valence-corrected chi connectivity index (χ2v) is 5.97. The van der Waals surface area contributed by atoms with Gasteiger partial charge in [0, 0.05) is 10.9 Å². The predicted octanol–water partition coefficient (Wildman–Crippen LogP) is 1.67. The predicted molar refractivity (Wildman–Crippen MR) is 67.8 cm³/mol. The smallest absolute Gasteiger partial charge is 0.348 e. The van der Waals surface area contributed by atoms with E-state index in [0.717, 1.165) is 25.7 Å². The molecule has 2 aliphatic rings. The highest BCUT2D eigenvalue weighted by molar-refractivity contribution is 7.14. The van der Waals surface area contributed by atoms with Crippen molar-refractivity contribution in [3.05, 3.63) is 21.4 Å². The summed E-state index contributed by atoms with van der Waals surface area (Å²) >= 11 is 1.50. The molecule has 0 atom stereocenters. The van der Waals surface area contributed by atoms with Crippen LogP contribution in [0.25, 0.3) is 0 Å². The van der Waals surface area contributed by atoms with Crippen molar-refractivity contribution in [1.29, 1.82) is 0 Å². The summed E-state index contributed by atoms with van der Waals surface area (Å²) in [5.41, 5.74) is 1.27. The van der Waals surface area contributed by atoms with E-state index < -0.39 is 0 Å². The van der Waals surface area contributed by atoms with Crippen LogP contribution in [-0.4, -0.2) is 24.5 Å². The number of aryl methyl sites for hydroxylation is 2. The van der Waals surface area contributed by atoms with Crippen LogP contribution in [0.2, 0.25) is 0 Å². The zero-order valence-corrected chi connectivity index (χ0v) is 10.8. The van der Waals surface area contributed by atoms with Gasteiger partial charge in [-0.1, -0.05) is 0 Å². The zero-order chi connectivity index (χ0) is 12.5. The van der Waals surface area contributed by atoms with E-state index in [1.807, 2.05) is 6.07 Å². The highest BCUT2D eigenvalue weighted by Crippen LogP contribution is 2.30. The minimum absolute atomic E-state index is 0.169. The minimum Gasteiger partial charge on any atom is -0.451 e. The summed E-state index contributed by atoms with van der Waals surface area (Å²) in [4.78, 5) is 25.1. The highest BCUT2D eigenvalue weighted by Gasteiger charge is 2.24. The Bertz CT molecular complexity index is 469. The SMILES string of the molecule is O=C(COC(=O)c1cc2c(s1)CCC2)NC1CC1. The summed E-state index contributed by atoms with van der Waals surface area (Å²) in [6.45, 7) is -0.169. The number of carbonyl (C=O) groups excluding carboxylic acids is 2. The minimum atomic E-state index is -0.375. The number of esters is 1. The maximum Gasteiger partial charge on any atom is 0.348 e. The fraction of sp³-hybridized carbons (Fsp3) is 0.538. The Labute approximate surface area is 109 Å². The van der Waals surface area contributed by atoms with Gasteiger partial charge in [-0.05, 0) is 43.7 Å². The van der Waals surface area contributed by atoms with Crippen molar-refractivity contribution in [2.75, 3.05) is 6.61 Å². The first-order chi connectivity index (χ1) is 8.72. The average Bonchev–Trinajstić information content (AvgIpc) is 2.89. The van der Waals surface area contributed by atoms with E-state index in [1.165, 1.54) is 28.2 Å². The van der Waals surface area contributed by atoms with Gasteiger partial charge in [-0.15, -0.1) is 11.3 Å². The zero-order valence-electron chi connectivity index (χ0n) is 10.0. The van der Waals surface area contributed by atoms with Crippen LogP contribution in [0.4, 0.5) is 0 Å². The first-order valence-electron chi connectivity index (χ1n) is 6.30. The summed E-state index contributed by atoms with van der Waals surface area (Å²) in [6, 6.07) is 2.22. The number of hydrogen-bond acceptors (Lipinski definition) is 4. The summed E-state index contributed by atoms with van der Waals surface area (Å²) in [6.07, 6.45) is 5.38. The third kappa shape index (κ3) is 2.56. The van der Waals surface area contributed by atoms with Crippen molar-refractivity contribution in [1.82, 2.24) is 5.32 Å². The van der Waals surface area contributed by atoms with E-state index in [4.69, 9.17) is 4.74 Å². The molecule has 0 aromatic carbocycles. The first kappa shape index (κ1) is 11.7. The van der Waals surface area contributed by atoms with E-state index >= 15 is 0 Å². The molecule has 4 nitrogen and oxygen atoms in total. The van der Waals surface area contributed by atoms with Crippen molar-refractivity contribution >= 4 is 23.2 Å². The molecule has 0 bridgehead atoms. The second kappa shape index (κ2) is 4.72. The van der Waals surface area contributed by atoms with Gasteiger partial charge in [-0.25, -0.2) is 4.79 Å². The van der Waals surface area contributed by atoms with Gasteiger partial charge >= 0.3 is 5.97 Å². The number of ether oxygens (including phenoxy) is 1. The fourth-order valence-electron chi connectivity index (χ4n) is 2.13. The molecule has 1 fully saturated rings. The van der Waals surface area contributed by atoms with Crippen LogP contribution in [-0.2, 0) is 22.4 Å². The van der Waals surface area contributed by atoms with Crippen molar-refractivity contribution < 1.29 is 14.3 Å². The second-order valence-electron chi connectivity index (χ2n) is 4.83. The molecule has 0 saturated heterocycles. The van der Waals surface area contributed by atoms with Gasteiger partial charge < -0.3 is 10.1 Å². The third-order valence-corrected chi connectivity index (χ3v) is 4.44. The molecule has 0 aliphatic heterocycles. The molecule has 1 aromatic rings. The van der Waals surface area contributed by atoms with Crippen LogP contribution in [0.15, 0.2) is 6.07 Å². The summed E-state index contributed by atoms with van der Waals surface area (Å²) in [5, 5.41) is 2.79. The Kier molecular flexibility index (Phi) is 3.07. The standard InChI is InChI=1S/C13H15NO3S/c15-12(14-9-4-5-9)7-17-13(16)11-6-8-2-1-3-10(8)18-11/h6,9H,1-5,7H2,(H,14,15). The van der Waals surface area contributed by atoms with Crippen LogP contribution < -0.4 is 5.32 Å². The number of carbonyl (C=O) groups is 2. The molecular formula is C13H15NO3S. The molecule has 3 rings (SSSR count). The molecule has 1 N–H and O–H groups in total. The molecule has 1 amide bonds. The molecule has 1 saturated carbocycles. The van der Waals surface area contributed by atoms with Crippen LogP contribution >= 0.6 is 11.3 Å². The van der Waals surface area contributed by atoms with E-state index in [2.05, 4.69) is 5.32 Å². The molecular weight excluding hydrogens is 250 g/mol. The Hall–Kier alpha value is -1.36. The fourth-order valence-corrected chi connectivity index (χ4v) is 3.28. The summed E-state index contributed by atoms with van der Waals surface area (Å²) in [5.74, 6) is -0.574. The molecule has 5 heteroatoms. The van der Waals surface area contributed by atoms with Gasteiger partial charge in [0.1, 0.15) is 4.88 Å². The highest BCUT2D eigenvalue weighted by atomic mass is 32.1. The quantitative estimate of drug-likeness (QED) is 0.843. The van der Waals surface area contributed by atoms with Gasteiger partial charge in [0.25, 0.3) is 5.91 Å².